The maximum atomic E-state index is 12.7. The van der Waals surface area contributed by atoms with Gasteiger partial charge in [-0.05, 0) is 25.3 Å². The topological polar surface area (TPSA) is 80.7 Å². The second-order valence-corrected chi connectivity index (χ2v) is 6.56. The summed E-state index contributed by atoms with van der Waals surface area (Å²) in [5.41, 5.74) is 1.54. The van der Waals surface area contributed by atoms with E-state index in [0.29, 0.717) is 18.4 Å². The number of cyclic esters (lactones) is 1. The molecule has 0 radical (unpaired) electrons. The average molecular weight is 344 g/mol. The molecule has 134 valence electrons. The van der Waals surface area contributed by atoms with Crippen molar-refractivity contribution in [3.8, 4) is 0 Å². The lowest BCUT2D eigenvalue weighted by Crippen LogP contribution is -2.27. The van der Waals surface area contributed by atoms with E-state index in [1.807, 2.05) is 24.3 Å². The monoisotopic (exact) mass is 344 g/mol. The van der Waals surface area contributed by atoms with E-state index in [0.717, 1.165) is 5.56 Å². The molecular weight excluding hydrogens is 320 g/mol. The van der Waals surface area contributed by atoms with Gasteiger partial charge in [0.05, 0.1) is 12.0 Å². The van der Waals surface area contributed by atoms with Crippen molar-refractivity contribution in [1.82, 2.24) is 0 Å². The number of carbonyl (C=O) groups excluding carboxylic acids is 3. The highest BCUT2D eigenvalue weighted by molar-refractivity contribution is 5.88. The zero-order valence-electron chi connectivity index (χ0n) is 14.6. The third kappa shape index (κ3) is 5.36. The molecule has 0 spiro atoms. The SMILES string of the molecule is CC(=O)C[C@@H](O)CC(=O)[C@@H]1OC(=O)[C@@H](C)C/C=C\Cc2ccccc21. The number of ether oxygens (including phenoxy) is 1. The second kappa shape index (κ2) is 8.72. The van der Waals surface area contributed by atoms with Crippen LogP contribution in [0.15, 0.2) is 36.4 Å². The van der Waals surface area contributed by atoms with Crippen LogP contribution in [0.5, 0.6) is 0 Å². The Bertz CT molecular complexity index is 676. The van der Waals surface area contributed by atoms with Crippen molar-refractivity contribution in [3.63, 3.8) is 0 Å². The standard InChI is InChI=1S/C20H24O5/c1-13-7-3-4-8-15-9-5-6-10-17(15)19(25-20(13)24)18(23)12-16(22)11-14(2)21/h3-6,9-10,13,16,19,22H,7-8,11-12H2,1-2H3/b4-3-/t13-,16+,19+/m0/s1. The zero-order valence-corrected chi connectivity index (χ0v) is 14.6. The Morgan fingerprint density at radius 1 is 1.24 bits per heavy atom. The van der Waals surface area contributed by atoms with Crippen molar-refractivity contribution in [2.75, 3.05) is 0 Å². The molecule has 3 atom stereocenters. The highest BCUT2D eigenvalue weighted by Gasteiger charge is 2.30. The number of allylic oxidation sites excluding steroid dienone is 2. The number of Topliss-reactive ketones (excluding diaryl/α,β-unsaturated/α-hetero) is 2. The Morgan fingerprint density at radius 2 is 1.96 bits per heavy atom. The number of hydrogen-bond acceptors (Lipinski definition) is 5. The Hall–Kier alpha value is -2.27. The van der Waals surface area contributed by atoms with Gasteiger partial charge in [-0.15, -0.1) is 0 Å². The van der Waals surface area contributed by atoms with Gasteiger partial charge in [0.15, 0.2) is 11.9 Å². The summed E-state index contributed by atoms with van der Waals surface area (Å²) in [6.07, 6.45) is 2.68. The average Bonchev–Trinajstić information content (AvgIpc) is 2.55. The van der Waals surface area contributed by atoms with Crippen molar-refractivity contribution in [1.29, 1.82) is 0 Å². The number of rotatable bonds is 5. The van der Waals surface area contributed by atoms with E-state index in [2.05, 4.69) is 0 Å². The second-order valence-electron chi connectivity index (χ2n) is 6.56. The van der Waals surface area contributed by atoms with E-state index in [1.165, 1.54) is 6.92 Å². The smallest absolute Gasteiger partial charge is 0.310 e. The van der Waals surface area contributed by atoms with Gasteiger partial charge in [0.25, 0.3) is 0 Å². The van der Waals surface area contributed by atoms with Gasteiger partial charge in [-0.2, -0.15) is 0 Å². The highest BCUT2D eigenvalue weighted by atomic mass is 16.5. The van der Waals surface area contributed by atoms with Crippen LogP contribution < -0.4 is 0 Å². The lowest BCUT2D eigenvalue weighted by atomic mass is 9.93. The van der Waals surface area contributed by atoms with Crippen LogP contribution in [0.25, 0.3) is 0 Å². The van der Waals surface area contributed by atoms with E-state index >= 15 is 0 Å². The molecular formula is C20H24O5. The number of hydrogen-bond donors (Lipinski definition) is 1. The number of fused-ring (bicyclic) bond motifs is 1. The molecule has 1 aliphatic rings. The summed E-state index contributed by atoms with van der Waals surface area (Å²) < 4.78 is 5.51. The molecule has 1 aliphatic heterocycles. The van der Waals surface area contributed by atoms with Crippen LogP contribution >= 0.6 is 0 Å². The van der Waals surface area contributed by atoms with Crippen LogP contribution in [0.3, 0.4) is 0 Å². The Balaban J connectivity index is 2.31. The molecule has 0 saturated heterocycles. The van der Waals surface area contributed by atoms with Crippen molar-refractivity contribution in [3.05, 3.63) is 47.5 Å². The molecule has 0 bridgehead atoms. The summed E-state index contributed by atoms with van der Waals surface area (Å²) in [7, 11) is 0. The van der Waals surface area contributed by atoms with Crippen molar-refractivity contribution >= 4 is 17.5 Å². The third-order valence-corrected chi connectivity index (χ3v) is 4.22. The fourth-order valence-electron chi connectivity index (χ4n) is 2.86. The summed E-state index contributed by atoms with van der Waals surface area (Å²) >= 11 is 0. The van der Waals surface area contributed by atoms with E-state index in [9.17, 15) is 19.5 Å². The number of benzene rings is 1. The molecule has 5 nitrogen and oxygen atoms in total. The van der Waals surface area contributed by atoms with E-state index in [-0.39, 0.29) is 24.5 Å². The van der Waals surface area contributed by atoms with Gasteiger partial charge in [0, 0.05) is 18.4 Å². The van der Waals surface area contributed by atoms with Gasteiger partial charge in [-0.25, -0.2) is 0 Å². The quantitative estimate of drug-likeness (QED) is 0.656. The Kier molecular flexibility index (Phi) is 6.65. The maximum Gasteiger partial charge on any atom is 0.310 e. The molecule has 0 amide bonds. The summed E-state index contributed by atoms with van der Waals surface area (Å²) in [5.74, 6) is -1.38. The van der Waals surface area contributed by atoms with Gasteiger partial charge in [-0.1, -0.05) is 43.3 Å². The first-order valence-corrected chi connectivity index (χ1v) is 8.52. The van der Waals surface area contributed by atoms with Gasteiger partial charge in [-0.3, -0.25) is 14.4 Å². The maximum absolute atomic E-state index is 12.7. The molecule has 1 N–H and O–H groups in total. The fourth-order valence-corrected chi connectivity index (χ4v) is 2.86. The van der Waals surface area contributed by atoms with Crippen molar-refractivity contribution in [2.45, 2.75) is 51.7 Å². The van der Waals surface area contributed by atoms with Crippen molar-refractivity contribution in [2.24, 2.45) is 5.92 Å². The molecule has 1 heterocycles. The largest absolute Gasteiger partial charge is 0.449 e. The lowest BCUT2D eigenvalue weighted by Gasteiger charge is -2.23. The third-order valence-electron chi connectivity index (χ3n) is 4.22. The first-order valence-electron chi connectivity index (χ1n) is 8.52. The van der Waals surface area contributed by atoms with E-state index < -0.39 is 24.0 Å². The summed E-state index contributed by atoms with van der Waals surface area (Å²) in [4.78, 5) is 36.1. The van der Waals surface area contributed by atoms with Crippen LogP contribution in [-0.2, 0) is 25.5 Å². The Morgan fingerprint density at radius 3 is 2.68 bits per heavy atom. The normalized spacial score (nSPS) is 23.1. The van der Waals surface area contributed by atoms with Crippen LogP contribution in [0, 0.1) is 5.92 Å². The van der Waals surface area contributed by atoms with Gasteiger partial charge in [0.1, 0.15) is 5.78 Å². The minimum absolute atomic E-state index is 0.0901. The molecule has 0 fully saturated rings. The van der Waals surface area contributed by atoms with Gasteiger partial charge >= 0.3 is 5.97 Å². The summed E-state index contributed by atoms with van der Waals surface area (Å²) in [5, 5.41) is 9.92. The summed E-state index contributed by atoms with van der Waals surface area (Å²) in [6.45, 7) is 3.12. The molecule has 1 aromatic carbocycles. The number of ketones is 2. The molecule has 25 heavy (non-hydrogen) atoms. The zero-order chi connectivity index (χ0) is 18.4. The van der Waals surface area contributed by atoms with Crippen molar-refractivity contribution < 1.29 is 24.2 Å². The minimum Gasteiger partial charge on any atom is -0.449 e. The molecule has 0 aromatic heterocycles. The number of carbonyl (C=O) groups is 3. The molecule has 0 saturated carbocycles. The van der Waals surface area contributed by atoms with Crippen LogP contribution in [0.2, 0.25) is 0 Å². The Labute approximate surface area is 147 Å². The highest BCUT2D eigenvalue weighted by Crippen LogP contribution is 2.28. The number of esters is 1. The van der Waals surface area contributed by atoms with Gasteiger partial charge in [0.2, 0.25) is 0 Å². The van der Waals surface area contributed by atoms with Gasteiger partial charge < -0.3 is 9.84 Å². The predicted molar refractivity (Wildman–Crippen MR) is 92.8 cm³/mol. The fraction of sp³-hybridized carbons (Fsp3) is 0.450. The molecule has 5 heteroatoms. The minimum atomic E-state index is -1.07. The number of aliphatic hydroxyl groups is 1. The van der Waals surface area contributed by atoms with Crippen LogP contribution in [0.4, 0.5) is 0 Å². The van der Waals surface area contributed by atoms with Crippen LogP contribution in [0.1, 0.15) is 50.3 Å². The number of aliphatic hydroxyl groups excluding tert-OH is 1. The summed E-state index contributed by atoms with van der Waals surface area (Å²) in [6, 6.07) is 7.32. The first kappa shape index (κ1) is 19.1. The van der Waals surface area contributed by atoms with E-state index in [1.54, 1.807) is 19.1 Å². The predicted octanol–water partition coefficient (Wildman–Crippen LogP) is 2.71. The lowest BCUT2D eigenvalue weighted by molar-refractivity contribution is -0.160. The molecule has 2 rings (SSSR count). The molecule has 1 aromatic rings. The molecule has 0 unspecified atom stereocenters. The molecule has 0 aliphatic carbocycles. The first-order chi connectivity index (χ1) is 11.9. The van der Waals surface area contributed by atoms with E-state index in [4.69, 9.17) is 4.74 Å². The van der Waals surface area contributed by atoms with Crippen LogP contribution in [-0.4, -0.2) is 28.7 Å².